The molecule has 2 rings (SSSR count). The van der Waals surface area contributed by atoms with Gasteiger partial charge in [0.15, 0.2) is 0 Å². The molecule has 102 valence electrons. The zero-order valence-corrected chi connectivity index (χ0v) is 12.2. The fraction of sp³-hybridized carbons (Fsp3) is 0.438. The van der Waals surface area contributed by atoms with Crippen LogP contribution in [-0.2, 0) is 12.0 Å². The third-order valence-corrected chi connectivity index (χ3v) is 3.35. The molecular weight excluding hydrogens is 234 g/mol. The molecular formula is C16H23N3. The van der Waals surface area contributed by atoms with E-state index in [1.807, 2.05) is 24.0 Å². The Labute approximate surface area is 115 Å². The van der Waals surface area contributed by atoms with Gasteiger partial charge in [0.1, 0.15) is 0 Å². The molecule has 0 spiro atoms. The summed E-state index contributed by atoms with van der Waals surface area (Å²) in [6.45, 7) is 9.40. The maximum atomic E-state index is 6.23. The molecule has 2 aromatic rings. The van der Waals surface area contributed by atoms with Crippen molar-refractivity contribution in [1.82, 2.24) is 9.78 Å². The Morgan fingerprint density at radius 1 is 1.21 bits per heavy atom. The summed E-state index contributed by atoms with van der Waals surface area (Å²) >= 11 is 0. The van der Waals surface area contributed by atoms with Crippen LogP contribution in [0.1, 0.15) is 43.5 Å². The number of nitrogens with zero attached hydrogens (tertiary/aromatic N) is 2. The minimum atomic E-state index is -0.0201. The first-order valence-corrected chi connectivity index (χ1v) is 6.71. The molecule has 0 bridgehead atoms. The minimum Gasteiger partial charge on any atom is -0.322 e. The molecule has 3 nitrogen and oxygen atoms in total. The number of rotatable bonds is 3. The molecule has 1 aromatic carbocycles. The average molecular weight is 257 g/mol. The lowest BCUT2D eigenvalue weighted by atomic mass is 9.86. The Balaban J connectivity index is 2.09. The van der Waals surface area contributed by atoms with Gasteiger partial charge in [0.05, 0.1) is 12.7 Å². The topological polar surface area (TPSA) is 43.8 Å². The lowest BCUT2D eigenvalue weighted by Gasteiger charge is -2.20. The molecule has 1 aromatic heterocycles. The fourth-order valence-corrected chi connectivity index (χ4v) is 2.10. The number of aromatic nitrogens is 2. The van der Waals surface area contributed by atoms with E-state index in [4.69, 9.17) is 5.73 Å². The summed E-state index contributed by atoms with van der Waals surface area (Å²) < 4.78 is 1.90. The molecule has 0 aliphatic carbocycles. The predicted molar refractivity (Wildman–Crippen MR) is 79.0 cm³/mol. The van der Waals surface area contributed by atoms with Crippen LogP contribution >= 0.6 is 0 Å². The van der Waals surface area contributed by atoms with Crippen LogP contribution in [0.4, 0.5) is 0 Å². The molecule has 1 atom stereocenters. The van der Waals surface area contributed by atoms with E-state index in [0.29, 0.717) is 6.54 Å². The first-order valence-electron chi connectivity index (χ1n) is 6.71. The van der Waals surface area contributed by atoms with Gasteiger partial charge in [0.2, 0.25) is 0 Å². The Kier molecular flexibility index (Phi) is 3.76. The van der Waals surface area contributed by atoms with Gasteiger partial charge in [-0.1, -0.05) is 45.0 Å². The Morgan fingerprint density at radius 2 is 1.84 bits per heavy atom. The van der Waals surface area contributed by atoms with Crippen molar-refractivity contribution >= 4 is 0 Å². The molecule has 0 amide bonds. The van der Waals surface area contributed by atoms with E-state index in [1.165, 1.54) is 5.56 Å². The first kappa shape index (κ1) is 13.8. The molecule has 1 heterocycles. The van der Waals surface area contributed by atoms with Gasteiger partial charge in [-0.2, -0.15) is 5.10 Å². The first-order chi connectivity index (χ1) is 8.86. The zero-order valence-electron chi connectivity index (χ0n) is 12.2. The maximum Gasteiger partial charge on any atom is 0.0602 e. The highest BCUT2D eigenvalue weighted by molar-refractivity contribution is 5.29. The normalized spacial score (nSPS) is 13.5. The molecule has 0 aliphatic heterocycles. The van der Waals surface area contributed by atoms with Crippen molar-refractivity contribution in [2.24, 2.45) is 5.73 Å². The average Bonchev–Trinajstić information content (AvgIpc) is 2.74. The van der Waals surface area contributed by atoms with Crippen molar-refractivity contribution in [3.8, 4) is 0 Å². The van der Waals surface area contributed by atoms with Crippen LogP contribution in [0.3, 0.4) is 0 Å². The van der Waals surface area contributed by atoms with Crippen LogP contribution in [0.5, 0.6) is 0 Å². The lowest BCUT2D eigenvalue weighted by Crippen LogP contribution is -2.18. The molecule has 0 saturated carbocycles. The number of nitrogens with two attached hydrogens (primary N) is 1. The van der Waals surface area contributed by atoms with Gasteiger partial charge in [-0.3, -0.25) is 4.68 Å². The van der Waals surface area contributed by atoms with Crippen molar-refractivity contribution in [3.05, 3.63) is 53.3 Å². The summed E-state index contributed by atoms with van der Waals surface area (Å²) in [5, 5.41) is 4.27. The van der Waals surface area contributed by atoms with E-state index in [9.17, 15) is 0 Å². The van der Waals surface area contributed by atoms with E-state index in [2.05, 4.69) is 50.1 Å². The van der Waals surface area contributed by atoms with Crippen LogP contribution in [0.25, 0.3) is 0 Å². The highest BCUT2D eigenvalue weighted by Gasteiger charge is 2.14. The highest BCUT2D eigenvalue weighted by atomic mass is 15.3. The minimum absolute atomic E-state index is 0.0201. The maximum absolute atomic E-state index is 6.23. The highest BCUT2D eigenvalue weighted by Crippen LogP contribution is 2.23. The van der Waals surface area contributed by atoms with E-state index in [0.717, 1.165) is 11.1 Å². The molecule has 3 heteroatoms. The summed E-state index contributed by atoms with van der Waals surface area (Å²) in [6, 6.07) is 8.57. The van der Waals surface area contributed by atoms with E-state index >= 15 is 0 Å². The van der Waals surface area contributed by atoms with Gasteiger partial charge in [0, 0.05) is 12.2 Å². The Bertz CT molecular complexity index is 532. The standard InChI is InChI=1S/C16H23N3/c1-12-9-18-19(10-12)11-15(17)13-5-7-14(8-6-13)16(2,3)4/h5-10,15H,11,17H2,1-4H3. The zero-order chi connectivity index (χ0) is 14.0. The Hall–Kier alpha value is -1.61. The Morgan fingerprint density at radius 3 is 2.32 bits per heavy atom. The summed E-state index contributed by atoms with van der Waals surface area (Å²) in [6.07, 6.45) is 3.87. The second-order valence-electron chi connectivity index (χ2n) is 6.22. The number of aryl methyl sites for hydroxylation is 1. The van der Waals surface area contributed by atoms with Crippen LogP contribution in [0.15, 0.2) is 36.7 Å². The summed E-state index contributed by atoms with van der Waals surface area (Å²) in [7, 11) is 0. The number of benzene rings is 1. The second-order valence-corrected chi connectivity index (χ2v) is 6.22. The summed E-state index contributed by atoms with van der Waals surface area (Å²) in [4.78, 5) is 0. The van der Waals surface area contributed by atoms with Gasteiger partial charge in [-0.05, 0) is 29.0 Å². The van der Waals surface area contributed by atoms with Crippen molar-refractivity contribution in [2.45, 2.75) is 45.7 Å². The van der Waals surface area contributed by atoms with E-state index in [-0.39, 0.29) is 11.5 Å². The molecule has 2 N–H and O–H groups in total. The van der Waals surface area contributed by atoms with E-state index in [1.54, 1.807) is 0 Å². The quantitative estimate of drug-likeness (QED) is 0.917. The van der Waals surface area contributed by atoms with Gasteiger partial charge >= 0.3 is 0 Å². The summed E-state index contributed by atoms with van der Waals surface area (Å²) in [5.41, 5.74) is 10.1. The number of hydrogen-bond donors (Lipinski definition) is 1. The van der Waals surface area contributed by atoms with Crippen molar-refractivity contribution in [1.29, 1.82) is 0 Å². The third-order valence-electron chi connectivity index (χ3n) is 3.35. The smallest absolute Gasteiger partial charge is 0.0602 e. The summed E-state index contributed by atoms with van der Waals surface area (Å²) in [5.74, 6) is 0. The fourth-order valence-electron chi connectivity index (χ4n) is 2.10. The van der Waals surface area contributed by atoms with Crippen LogP contribution < -0.4 is 5.73 Å². The van der Waals surface area contributed by atoms with Gasteiger partial charge in [-0.15, -0.1) is 0 Å². The third kappa shape index (κ3) is 3.44. The number of hydrogen-bond acceptors (Lipinski definition) is 2. The largest absolute Gasteiger partial charge is 0.322 e. The SMILES string of the molecule is Cc1cnn(CC(N)c2ccc(C(C)(C)C)cc2)c1. The second kappa shape index (κ2) is 5.17. The molecule has 0 fully saturated rings. The molecule has 19 heavy (non-hydrogen) atoms. The van der Waals surface area contributed by atoms with Crippen molar-refractivity contribution in [3.63, 3.8) is 0 Å². The van der Waals surface area contributed by atoms with Gasteiger partial charge < -0.3 is 5.73 Å². The monoisotopic (exact) mass is 257 g/mol. The molecule has 0 aliphatic rings. The van der Waals surface area contributed by atoms with Crippen LogP contribution in [0.2, 0.25) is 0 Å². The predicted octanol–water partition coefficient (Wildman–Crippen LogP) is 3.19. The molecule has 0 saturated heterocycles. The molecule has 0 radical (unpaired) electrons. The van der Waals surface area contributed by atoms with Crippen molar-refractivity contribution < 1.29 is 0 Å². The van der Waals surface area contributed by atoms with Crippen molar-refractivity contribution in [2.75, 3.05) is 0 Å². The van der Waals surface area contributed by atoms with Gasteiger partial charge in [0.25, 0.3) is 0 Å². The van der Waals surface area contributed by atoms with Crippen LogP contribution in [-0.4, -0.2) is 9.78 Å². The van der Waals surface area contributed by atoms with E-state index < -0.39 is 0 Å². The van der Waals surface area contributed by atoms with Gasteiger partial charge in [-0.25, -0.2) is 0 Å². The van der Waals surface area contributed by atoms with Crippen LogP contribution in [0, 0.1) is 6.92 Å². The lowest BCUT2D eigenvalue weighted by molar-refractivity contribution is 0.526. The molecule has 1 unspecified atom stereocenters.